The van der Waals surface area contributed by atoms with Crippen LogP contribution in [0.15, 0.2) is 24.3 Å². The van der Waals surface area contributed by atoms with Gasteiger partial charge in [0.25, 0.3) is 0 Å². The van der Waals surface area contributed by atoms with E-state index in [0.29, 0.717) is 5.75 Å². The Morgan fingerprint density at radius 2 is 1.94 bits per heavy atom. The minimum Gasteiger partial charge on any atom is -0.294 e. The maximum absolute atomic E-state index is 12.6. The van der Waals surface area contributed by atoms with Crippen LogP contribution in [0.25, 0.3) is 0 Å². The van der Waals surface area contributed by atoms with Crippen LogP contribution >= 0.6 is 11.8 Å². The summed E-state index contributed by atoms with van der Waals surface area (Å²) in [4.78, 5) is 11.6. The van der Waals surface area contributed by atoms with Crippen molar-refractivity contribution in [1.29, 1.82) is 0 Å². The minimum absolute atomic E-state index is 0.133. The van der Waals surface area contributed by atoms with Gasteiger partial charge in [-0.15, -0.1) is 0 Å². The predicted octanol–water partition coefficient (Wildman–Crippen LogP) is 3.64. The standard InChI is InChI=1S/C11H11F3OS/c1-16-7-6-10(15)8-4-2-3-5-9(8)11(12,13)14/h2-5H,6-7H2,1H3. The Morgan fingerprint density at radius 1 is 1.31 bits per heavy atom. The van der Waals surface area contributed by atoms with Gasteiger partial charge in [-0.25, -0.2) is 0 Å². The largest absolute Gasteiger partial charge is 0.417 e. The number of hydrogen-bond donors (Lipinski definition) is 0. The van der Waals surface area contributed by atoms with E-state index in [1.165, 1.54) is 30.0 Å². The van der Waals surface area contributed by atoms with E-state index in [4.69, 9.17) is 0 Å². The molecule has 1 aromatic carbocycles. The van der Waals surface area contributed by atoms with E-state index < -0.39 is 17.5 Å². The lowest BCUT2D eigenvalue weighted by Crippen LogP contribution is -2.13. The first-order valence-electron chi connectivity index (χ1n) is 4.65. The van der Waals surface area contributed by atoms with Crippen molar-refractivity contribution >= 4 is 17.5 Å². The Morgan fingerprint density at radius 3 is 2.50 bits per heavy atom. The molecule has 5 heteroatoms. The molecule has 0 amide bonds. The summed E-state index contributed by atoms with van der Waals surface area (Å²) in [6, 6.07) is 4.90. The molecule has 0 saturated carbocycles. The first kappa shape index (κ1) is 13.1. The monoisotopic (exact) mass is 248 g/mol. The van der Waals surface area contributed by atoms with Gasteiger partial charge < -0.3 is 0 Å². The topological polar surface area (TPSA) is 17.1 Å². The quantitative estimate of drug-likeness (QED) is 0.757. The molecule has 0 bridgehead atoms. The van der Waals surface area contributed by atoms with E-state index in [1.807, 2.05) is 6.26 Å². The zero-order valence-electron chi connectivity index (χ0n) is 8.67. The lowest BCUT2D eigenvalue weighted by atomic mass is 10.0. The van der Waals surface area contributed by atoms with Crippen molar-refractivity contribution in [3.63, 3.8) is 0 Å². The highest BCUT2D eigenvalue weighted by molar-refractivity contribution is 7.98. The van der Waals surface area contributed by atoms with Crippen molar-refractivity contribution in [2.45, 2.75) is 12.6 Å². The summed E-state index contributed by atoms with van der Waals surface area (Å²) in [7, 11) is 0. The number of alkyl halides is 3. The van der Waals surface area contributed by atoms with E-state index in [2.05, 4.69) is 0 Å². The van der Waals surface area contributed by atoms with Crippen molar-refractivity contribution < 1.29 is 18.0 Å². The zero-order valence-corrected chi connectivity index (χ0v) is 9.49. The average Bonchev–Trinajstić information content (AvgIpc) is 2.24. The molecule has 16 heavy (non-hydrogen) atoms. The molecule has 0 spiro atoms. The van der Waals surface area contributed by atoms with Gasteiger partial charge in [0, 0.05) is 17.7 Å². The maximum Gasteiger partial charge on any atom is 0.417 e. The molecule has 1 rings (SSSR count). The Kier molecular flexibility index (Phi) is 4.41. The molecule has 0 aliphatic carbocycles. The van der Waals surface area contributed by atoms with Gasteiger partial charge in [0.15, 0.2) is 5.78 Å². The minimum atomic E-state index is -4.47. The van der Waals surface area contributed by atoms with E-state index in [1.54, 1.807) is 0 Å². The Balaban J connectivity index is 3.00. The van der Waals surface area contributed by atoms with Crippen LogP contribution in [0.1, 0.15) is 22.3 Å². The fraction of sp³-hybridized carbons (Fsp3) is 0.364. The predicted molar refractivity (Wildman–Crippen MR) is 58.8 cm³/mol. The second kappa shape index (κ2) is 5.39. The molecular formula is C11H11F3OS. The zero-order chi connectivity index (χ0) is 12.2. The molecule has 1 nitrogen and oxygen atoms in total. The molecule has 0 fully saturated rings. The van der Waals surface area contributed by atoms with Crippen molar-refractivity contribution in [3.05, 3.63) is 35.4 Å². The van der Waals surface area contributed by atoms with Crippen LogP contribution in [-0.2, 0) is 6.18 Å². The van der Waals surface area contributed by atoms with E-state index in [0.717, 1.165) is 6.07 Å². The molecule has 0 saturated heterocycles. The Hall–Kier alpha value is -0.970. The summed E-state index contributed by atoms with van der Waals surface area (Å²) in [6.07, 6.45) is -2.52. The molecule has 0 atom stereocenters. The summed E-state index contributed by atoms with van der Waals surface area (Å²) in [5, 5.41) is 0. The van der Waals surface area contributed by atoms with Crippen LogP contribution < -0.4 is 0 Å². The van der Waals surface area contributed by atoms with Gasteiger partial charge in [-0.05, 0) is 12.3 Å². The van der Waals surface area contributed by atoms with E-state index in [-0.39, 0.29) is 12.0 Å². The van der Waals surface area contributed by atoms with Gasteiger partial charge in [0.05, 0.1) is 5.56 Å². The molecule has 0 unspecified atom stereocenters. The van der Waals surface area contributed by atoms with Crippen molar-refractivity contribution in [3.8, 4) is 0 Å². The SMILES string of the molecule is CSCCC(=O)c1ccccc1C(F)(F)F. The summed E-state index contributed by atoms with van der Waals surface area (Å²) >= 11 is 1.44. The summed E-state index contributed by atoms with van der Waals surface area (Å²) in [5.41, 5.74) is -1.08. The lowest BCUT2D eigenvalue weighted by Gasteiger charge is -2.11. The molecule has 0 N–H and O–H groups in total. The highest BCUT2D eigenvalue weighted by Crippen LogP contribution is 2.32. The van der Waals surface area contributed by atoms with Gasteiger partial charge >= 0.3 is 6.18 Å². The van der Waals surface area contributed by atoms with E-state index in [9.17, 15) is 18.0 Å². The number of carbonyl (C=O) groups excluding carboxylic acids is 1. The number of thioether (sulfide) groups is 1. The fourth-order valence-corrected chi connectivity index (χ4v) is 1.69. The van der Waals surface area contributed by atoms with Crippen molar-refractivity contribution in [2.75, 3.05) is 12.0 Å². The molecule has 0 heterocycles. The smallest absolute Gasteiger partial charge is 0.294 e. The maximum atomic E-state index is 12.6. The number of ketones is 1. The number of rotatable bonds is 4. The van der Waals surface area contributed by atoms with Gasteiger partial charge in [0.1, 0.15) is 0 Å². The molecule has 0 aromatic heterocycles. The Bertz CT molecular complexity index is 374. The number of Topliss-reactive ketones (excluding diaryl/α,β-unsaturated/α-hetero) is 1. The molecule has 1 aromatic rings. The third-order valence-corrected chi connectivity index (χ3v) is 2.68. The van der Waals surface area contributed by atoms with Crippen LogP contribution in [0.2, 0.25) is 0 Å². The van der Waals surface area contributed by atoms with Gasteiger partial charge in [-0.2, -0.15) is 24.9 Å². The number of hydrogen-bond acceptors (Lipinski definition) is 2. The normalized spacial score (nSPS) is 11.5. The average molecular weight is 248 g/mol. The van der Waals surface area contributed by atoms with Crippen LogP contribution in [0.3, 0.4) is 0 Å². The molecular weight excluding hydrogens is 237 g/mol. The van der Waals surface area contributed by atoms with Crippen molar-refractivity contribution in [1.82, 2.24) is 0 Å². The second-order valence-electron chi connectivity index (χ2n) is 3.21. The van der Waals surface area contributed by atoms with Gasteiger partial charge in [0.2, 0.25) is 0 Å². The van der Waals surface area contributed by atoms with E-state index >= 15 is 0 Å². The molecule has 0 aliphatic heterocycles. The summed E-state index contributed by atoms with van der Waals surface area (Å²) < 4.78 is 37.7. The molecule has 0 radical (unpaired) electrons. The first-order valence-corrected chi connectivity index (χ1v) is 6.04. The third-order valence-electron chi connectivity index (χ3n) is 2.07. The highest BCUT2D eigenvalue weighted by atomic mass is 32.2. The number of halogens is 3. The molecule has 88 valence electrons. The lowest BCUT2D eigenvalue weighted by molar-refractivity contribution is -0.137. The third kappa shape index (κ3) is 3.27. The van der Waals surface area contributed by atoms with Crippen molar-refractivity contribution in [2.24, 2.45) is 0 Å². The fourth-order valence-electron chi connectivity index (χ4n) is 1.30. The molecule has 0 aliphatic rings. The number of carbonyl (C=O) groups is 1. The van der Waals surface area contributed by atoms with Crippen LogP contribution in [0.5, 0.6) is 0 Å². The van der Waals surface area contributed by atoms with Crippen LogP contribution in [0.4, 0.5) is 13.2 Å². The summed E-state index contributed by atoms with van der Waals surface area (Å²) in [6.45, 7) is 0. The Labute approximate surface area is 96.0 Å². The van der Waals surface area contributed by atoms with Crippen LogP contribution in [-0.4, -0.2) is 17.8 Å². The van der Waals surface area contributed by atoms with Gasteiger partial charge in [-0.3, -0.25) is 4.79 Å². The van der Waals surface area contributed by atoms with Crippen LogP contribution in [0, 0.1) is 0 Å². The first-order chi connectivity index (χ1) is 7.46. The van der Waals surface area contributed by atoms with Gasteiger partial charge in [-0.1, -0.05) is 18.2 Å². The number of benzene rings is 1. The summed E-state index contributed by atoms with van der Waals surface area (Å²) in [5.74, 6) is 0.0765. The highest BCUT2D eigenvalue weighted by Gasteiger charge is 2.34. The second-order valence-corrected chi connectivity index (χ2v) is 4.19.